The van der Waals surface area contributed by atoms with E-state index in [-0.39, 0.29) is 0 Å². The summed E-state index contributed by atoms with van der Waals surface area (Å²) in [7, 11) is 1.70. The van der Waals surface area contributed by atoms with Crippen LogP contribution in [0.2, 0.25) is 0 Å². The molecule has 0 atom stereocenters. The van der Waals surface area contributed by atoms with Crippen LogP contribution in [0.1, 0.15) is 39.0 Å². The highest BCUT2D eigenvalue weighted by molar-refractivity contribution is 5.66. The Labute approximate surface area is 80.1 Å². The topological polar surface area (TPSA) is 30.8 Å². The zero-order valence-electron chi connectivity index (χ0n) is 8.58. The third-order valence-corrected chi connectivity index (χ3v) is 2.27. The first-order valence-electron chi connectivity index (χ1n) is 5.13. The van der Waals surface area contributed by atoms with E-state index in [0.717, 1.165) is 12.8 Å². The minimum atomic E-state index is 0.332. The Morgan fingerprint density at radius 3 is 2.54 bits per heavy atom. The van der Waals surface area contributed by atoms with Crippen LogP contribution >= 0.6 is 0 Å². The first-order valence-corrected chi connectivity index (χ1v) is 5.13. The number of nitrogens with zero attached hydrogens (tertiary/aromatic N) is 1. The van der Waals surface area contributed by atoms with Crippen molar-refractivity contribution >= 4 is 6.08 Å². The van der Waals surface area contributed by atoms with E-state index in [9.17, 15) is 0 Å². The van der Waals surface area contributed by atoms with Gasteiger partial charge in [0.25, 0.3) is 0 Å². The highest BCUT2D eigenvalue weighted by atomic mass is 16.7. The van der Waals surface area contributed by atoms with Gasteiger partial charge in [0.15, 0.2) is 0 Å². The summed E-state index contributed by atoms with van der Waals surface area (Å²) < 4.78 is 10.8. The highest BCUT2D eigenvalue weighted by Gasteiger charge is 2.16. The molecular weight excluding hydrogens is 166 g/mol. The number of hydrogen-bond donors (Lipinski definition) is 0. The summed E-state index contributed by atoms with van der Waals surface area (Å²) in [4.78, 5) is 3.94. The fourth-order valence-corrected chi connectivity index (χ4v) is 1.60. The molecule has 1 fully saturated rings. The molecule has 0 aromatic rings. The maximum atomic E-state index is 5.61. The van der Waals surface area contributed by atoms with E-state index >= 15 is 0 Å². The molecule has 0 spiro atoms. The number of ether oxygens (including phenoxy) is 2. The van der Waals surface area contributed by atoms with Gasteiger partial charge in [0.2, 0.25) is 0 Å². The normalized spacial score (nSPS) is 20.0. The summed E-state index contributed by atoms with van der Waals surface area (Å²) >= 11 is 0. The molecule has 13 heavy (non-hydrogen) atoms. The molecule has 0 radical (unpaired) electrons. The van der Waals surface area contributed by atoms with Crippen molar-refractivity contribution in [3.8, 4) is 0 Å². The molecule has 0 unspecified atom stereocenters. The molecule has 0 N–H and O–H groups in total. The molecule has 1 rings (SSSR count). The minimum absolute atomic E-state index is 0.332. The molecule has 0 aliphatic heterocycles. The predicted molar refractivity (Wildman–Crippen MR) is 52.9 cm³/mol. The Balaban J connectivity index is 2.27. The Morgan fingerprint density at radius 1 is 1.31 bits per heavy atom. The van der Waals surface area contributed by atoms with Crippen LogP contribution in [0.3, 0.4) is 0 Å². The van der Waals surface area contributed by atoms with Crippen LogP contribution in [0, 0.1) is 0 Å². The summed E-state index contributed by atoms with van der Waals surface area (Å²) in [5.74, 6) is 0. The van der Waals surface area contributed by atoms with Gasteiger partial charge in [-0.2, -0.15) is 0 Å². The standard InChI is InChI=1S/C10H19NO2/c1-3-12-10(11-2)13-9-7-5-4-6-8-9/h9H,3-8H2,1-2H3. The van der Waals surface area contributed by atoms with Gasteiger partial charge in [-0.25, -0.2) is 4.99 Å². The summed E-state index contributed by atoms with van der Waals surface area (Å²) in [5, 5.41) is 0. The monoisotopic (exact) mass is 185 g/mol. The highest BCUT2D eigenvalue weighted by Crippen LogP contribution is 2.20. The van der Waals surface area contributed by atoms with Crippen molar-refractivity contribution in [3.05, 3.63) is 0 Å². The molecule has 3 heteroatoms. The molecule has 1 aliphatic rings. The first-order chi connectivity index (χ1) is 6.36. The first kappa shape index (κ1) is 10.4. The third-order valence-electron chi connectivity index (χ3n) is 2.27. The van der Waals surface area contributed by atoms with Crippen LogP contribution in [0.4, 0.5) is 0 Å². The maximum Gasteiger partial charge on any atom is 0.383 e. The van der Waals surface area contributed by atoms with Gasteiger partial charge in [-0.15, -0.1) is 0 Å². The summed E-state index contributed by atoms with van der Waals surface area (Å²) in [5.41, 5.74) is 0. The van der Waals surface area contributed by atoms with E-state index in [0.29, 0.717) is 18.8 Å². The second-order valence-corrected chi connectivity index (χ2v) is 3.30. The Kier molecular flexibility index (Phi) is 4.65. The molecule has 0 bridgehead atoms. The SMILES string of the molecule is CCOC(=NC)OC1CCCCC1. The Morgan fingerprint density at radius 2 is 2.00 bits per heavy atom. The van der Waals surface area contributed by atoms with Crippen LogP contribution in [0.5, 0.6) is 0 Å². The molecule has 0 saturated heterocycles. The lowest BCUT2D eigenvalue weighted by molar-refractivity contribution is 0.0851. The van der Waals surface area contributed by atoms with Gasteiger partial charge in [0.1, 0.15) is 6.10 Å². The average molecular weight is 185 g/mol. The van der Waals surface area contributed by atoms with E-state index in [1.807, 2.05) is 6.92 Å². The molecule has 0 aromatic carbocycles. The maximum absolute atomic E-state index is 5.61. The third kappa shape index (κ3) is 3.66. The van der Waals surface area contributed by atoms with Gasteiger partial charge < -0.3 is 9.47 Å². The molecule has 76 valence electrons. The molecule has 1 saturated carbocycles. The fraction of sp³-hybridized carbons (Fsp3) is 0.900. The number of hydrogen-bond acceptors (Lipinski definition) is 3. The lowest BCUT2D eigenvalue weighted by Gasteiger charge is -2.22. The van der Waals surface area contributed by atoms with Gasteiger partial charge in [-0.3, -0.25) is 0 Å². The smallest absolute Gasteiger partial charge is 0.383 e. The second kappa shape index (κ2) is 5.84. The van der Waals surface area contributed by atoms with Crippen molar-refractivity contribution in [3.63, 3.8) is 0 Å². The summed E-state index contributed by atoms with van der Waals surface area (Å²) in [6.07, 6.45) is 6.96. The molecule has 3 nitrogen and oxygen atoms in total. The van der Waals surface area contributed by atoms with Gasteiger partial charge in [0, 0.05) is 7.05 Å². The van der Waals surface area contributed by atoms with Crippen molar-refractivity contribution < 1.29 is 9.47 Å². The Bertz CT molecular complexity index is 162. The number of aliphatic imine (C=N–C) groups is 1. The largest absolute Gasteiger partial charge is 0.451 e. The van der Waals surface area contributed by atoms with Gasteiger partial charge in [-0.05, 0) is 32.6 Å². The van der Waals surface area contributed by atoms with Crippen LogP contribution in [-0.2, 0) is 9.47 Å². The Hall–Kier alpha value is -0.730. The van der Waals surface area contributed by atoms with E-state index in [4.69, 9.17) is 9.47 Å². The predicted octanol–water partition coefficient (Wildman–Crippen LogP) is 2.36. The fourth-order valence-electron chi connectivity index (χ4n) is 1.60. The van der Waals surface area contributed by atoms with Crippen LogP contribution in [-0.4, -0.2) is 25.8 Å². The molecule has 1 aliphatic carbocycles. The van der Waals surface area contributed by atoms with E-state index < -0.39 is 0 Å². The molecule has 0 aromatic heterocycles. The van der Waals surface area contributed by atoms with Gasteiger partial charge in [0.05, 0.1) is 6.61 Å². The van der Waals surface area contributed by atoms with Crippen LogP contribution in [0.25, 0.3) is 0 Å². The zero-order valence-corrected chi connectivity index (χ0v) is 8.58. The minimum Gasteiger partial charge on any atom is -0.451 e. The molecule has 0 heterocycles. The van der Waals surface area contributed by atoms with E-state index in [2.05, 4.69) is 4.99 Å². The van der Waals surface area contributed by atoms with Crippen molar-refractivity contribution in [2.45, 2.75) is 45.1 Å². The lowest BCUT2D eigenvalue weighted by Crippen LogP contribution is -2.22. The quantitative estimate of drug-likeness (QED) is 0.488. The summed E-state index contributed by atoms with van der Waals surface area (Å²) in [6.45, 7) is 2.56. The van der Waals surface area contributed by atoms with Crippen molar-refractivity contribution in [1.29, 1.82) is 0 Å². The van der Waals surface area contributed by atoms with E-state index in [1.165, 1.54) is 19.3 Å². The lowest BCUT2D eigenvalue weighted by atomic mass is 9.98. The van der Waals surface area contributed by atoms with Crippen molar-refractivity contribution in [1.82, 2.24) is 0 Å². The van der Waals surface area contributed by atoms with Crippen LogP contribution < -0.4 is 0 Å². The van der Waals surface area contributed by atoms with Gasteiger partial charge >= 0.3 is 6.08 Å². The summed E-state index contributed by atoms with van der Waals surface area (Å²) in [6, 6.07) is 0. The van der Waals surface area contributed by atoms with Crippen molar-refractivity contribution in [2.24, 2.45) is 4.99 Å². The van der Waals surface area contributed by atoms with Crippen molar-refractivity contribution in [2.75, 3.05) is 13.7 Å². The second-order valence-electron chi connectivity index (χ2n) is 3.30. The molecular formula is C10H19NO2. The zero-order chi connectivity index (χ0) is 9.52. The number of rotatable bonds is 2. The van der Waals surface area contributed by atoms with Gasteiger partial charge in [-0.1, -0.05) is 6.42 Å². The van der Waals surface area contributed by atoms with Crippen LogP contribution in [0.15, 0.2) is 4.99 Å². The average Bonchev–Trinajstić information content (AvgIpc) is 2.19. The van der Waals surface area contributed by atoms with E-state index in [1.54, 1.807) is 7.05 Å². The molecule has 0 amide bonds.